The van der Waals surface area contributed by atoms with Crippen LogP contribution in [0.1, 0.15) is 5.56 Å². The monoisotopic (exact) mass is 319 g/mol. The van der Waals surface area contributed by atoms with Crippen molar-refractivity contribution in [2.24, 2.45) is 0 Å². The largest absolute Gasteiger partial charge is 0.417 e. The summed E-state index contributed by atoms with van der Waals surface area (Å²) in [5.41, 5.74) is -0.931. The predicted molar refractivity (Wildman–Crippen MR) is 64.7 cm³/mol. The van der Waals surface area contributed by atoms with Gasteiger partial charge in [-0.25, -0.2) is 13.4 Å². The van der Waals surface area contributed by atoms with Crippen LogP contribution in [0.15, 0.2) is 17.3 Å². The molecule has 0 saturated heterocycles. The predicted octanol–water partition coefficient (Wildman–Crippen LogP) is 2.89. The lowest BCUT2D eigenvalue weighted by Gasteiger charge is -2.08. The summed E-state index contributed by atoms with van der Waals surface area (Å²) in [7, 11) is -3.11. The van der Waals surface area contributed by atoms with Gasteiger partial charge in [-0.1, -0.05) is 11.6 Å². The first-order valence-corrected chi connectivity index (χ1v) is 8.05. The van der Waals surface area contributed by atoms with Crippen LogP contribution in [0.3, 0.4) is 0 Å². The highest BCUT2D eigenvalue weighted by Crippen LogP contribution is 2.33. The molecule has 0 unspecified atom stereocenters. The van der Waals surface area contributed by atoms with Gasteiger partial charge in [-0.05, 0) is 6.07 Å². The maximum Gasteiger partial charge on any atom is 0.417 e. The number of aromatic nitrogens is 1. The summed E-state index contributed by atoms with van der Waals surface area (Å²) in [6.07, 6.45) is -2.74. The van der Waals surface area contributed by atoms with Gasteiger partial charge in [-0.2, -0.15) is 13.2 Å². The molecule has 0 aliphatic heterocycles. The molecule has 3 nitrogen and oxygen atoms in total. The molecule has 1 aromatic heterocycles. The Balaban J connectivity index is 2.75. The summed E-state index contributed by atoms with van der Waals surface area (Å²) in [4.78, 5) is 3.58. The number of halogens is 4. The van der Waals surface area contributed by atoms with Crippen molar-refractivity contribution >= 4 is 33.2 Å². The number of hydrogen-bond acceptors (Lipinski definition) is 4. The minimum absolute atomic E-state index is 0.0866. The van der Waals surface area contributed by atoms with E-state index in [-0.39, 0.29) is 21.6 Å². The average molecular weight is 320 g/mol. The topological polar surface area (TPSA) is 47.0 Å². The number of sulfone groups is 1. The lowest BCUT2D eigenvalue weighted by Crippen LogP contribution is -2.07. The van der Waals surface area contributed by atoms with Gasteiger partial charge in [0, 0.05) is 18.2 Å². The SMILES string of the molecule is CS(=O)(=O)CCSc1ncc(C(F)(F)F)cc1Cl. The zero-order chi connectivity index (χ0) is 14.0. The number of thioether (sulfide) groups is 1. The normalized spacial score (nSPS) is 12.7. The van der Waals surface area contributed by atoms with Gasteiger partial charge in [0.1, 0.15) is 14.9 Å². The fourth-order valence-electron chi connectivity index (χ4n) is 0.976. The number of hydrogen-bond donors (Lipinski definition) is 0. The molecule has 1 heterocycles. The molecular weight excluding hydrogens is 311 g/mol. The first-order valence-electron chi connectivity index (χ1n) is 4.63. The van der Waals surface area contributed by atoms with Gasteiger partial charge in [0.15, 0.2) is 0 Å². The maximum atomic E-state index is 12.3. The van der Waals surface area contributed by atoms with Gasteiger partial charge in [0.25, 0.3) is 0 Å². The molecule has 9 heteroatoms. The number of pyridine rings is 1. The highest BCUT2D eigenvalue weighted by Gasteiger charge is 2.31. The van der Waals surface area contributed by atoms with Gasteiger partial charge < -0.3 is 0 Å². The molecular formula is C9H9ClF3NO2S2. The first kappa shape index (κ1) is 15.6. The van der Waals surface area contributed by atoms with E-state index in [1.807, 2.05) is 0 Å². The molecule has 18 heavy (non-hydrogen) atoms. The number of nitrogens with zero attached hydrogens (tertiary/aromatic N) is 1. The van der Waals surface area contributed by atoms with E-state index in [0.29, 0.717) is 6.20 Å². The highest BCUT2D eigenvalue weighted by atomic mass is 35.5. The Morgan fingerprint density at radius 3 is 2.50 bits per heavy atom. The Morgan fingerprint density at radius 1 is 1.44 bits per heavy atom. The number of rotatable bonds is 4. The Labute approximate surface area is 112 Å². The molecule has 1 rings (SSSR count). The average Bonchev–Trinajstić information content (AvgIpc) is 2.17. The van der Waals surface area contributed by atoms with Crippen LogP contribution in [0.4, 0.5) is 13.2 Å². The molecule has 0 saturated carbocycles. The molecule has 0 spiro atoms. The summed E-state index contributed by atoms with van der Waals surface area (Å²) in [5, 5.41) is 0.0524. The van der Waals surface area contributed by atoms with E-state index in [2.05, 4.69) is 4.98 Å². The summed E-state index contributed by atoms with van der Waals surface area (Å²) in [5.74, 6) is 0.105. The highest BCUT2D eigenvalue weighted by molar-refractivity contribution is 8.00. The Kier molecular flexibility index (Phi) is 4.90. The molecule has 102 valence electrons. The van der Waals surface area contributed by atoms with E-state index >= 15 is 0 Å². The molecule has 0 amide bonds. The smallest absolute Gasteiger partial charge is 0.248 e. The van der Waals surface area contributed by atoms with Gasteiger partial charge in [0.05, 0.1) is 16.3 Å². The zero-order valence-electron chi connectivity index (χ0n) is 9.16. The fraction of sp³-hybridized carbons (Fsp3) is 0.444. The van der Waals surface area contributed by atoms with Crippen LogP contribution in [0, 0.1) is 0 Å². The summed E-state index contributed by atoms with van der Waals surface area (Å²) in [6.45, 7) is 0. The lowest BCUT2D eigenvalue weighted by atomic mass is 10.3. The van der Waals surface area contributed by atoms with Gasteiger partial charge in [-0.3, -0.25) is 0 Å². The van der Waals surface area contributed by atoms with E-state index in [1.54, 1.807) is 0 Å². The van der Waals surface area contributed by atoms with Gasteiger partial charge >= 0.3 is 6.18 Å². The second kappa shape index (κ2) is 5.66. The summed E-state index contributed by atoms with van der Waals surface area (Å²) < 4.78 is 58.7. The van der Waals surface area contributed by atoms with E-state index in [4.69, 9.17) is 11.6 Å². The molecule has 0 N–H and O–H groups in total. The first-order chi connectivity index (χ1) is 8.09. The van der Waals surface area contributed by atoms with Crippen molar-refractivity contribution in [3.05, 3.63) is 22.8 Å². The van der Waals surface area contributed by atoms with Crippen LogP contribution in [0.25, 0.3) is 0 Å². The lowest BCUT2D eigenvalue weighted by molar-refractivity contribution is -0.137. The van der Waals surface area contributed by atoms with Gasteiger partial charge in [0.2, 0.25) is 0 Å². The molecule has 0 atom stereocenters. The molecule has 0 aliphatic rings. The van der Waals surface area contributed by atoms with Crippen molar-refractivity contribution in [3.8, 4) is 0 Å². The molecule has 1 aromatic rings. The van der Waals surface area contributed by atoms with Crippen LogP contribution in [0.2, 0.25) is 5.02 Å². The standard InChI is InChI=1S/C9H9ClF3NO2S2/c1-18(15,16)3-2-17-8-7(10)4-6(5-14-8)9(11,12)13/h4-5H,2-3H2,1H3. The molecule has 0 bridgehead atoms. The van der Waals surface area contributed by atoms with E-state index in [9.17, 15) is 21.6 Å². The van der Waals surface area contributed by atoms with Crippen molar-refractivity contribution in [2.45, 2.75) is 11.2 Å². The second-order valence-corrected chi connectivity index (χ2v) is 7.24. The third-order valence-electron chi connectivity index (χ3n) is 1.83. The van der Waals surface area contributed by atoms with E-state index < -0.39 is 21.6 Å². The van der Waals surface area contributed by atoms with Crippen LogP contribution in [-0.2, 0) is 16.0 Å². The molecule has 0 aliphatic carbocycles. The van der Waals surface area contributed by atoms with Crippen molar-refractivity contribution in [1.29, 1.82) is 0 Å². The zero-order valence-corrected chi connectivity index (χ0v) is 11.5. The third-order valence-corrected chi connectivity index (χ3v) is 4.44. The van der Waals surface area contributed by atoms with Crippen molar-refractivity contribution in [1.82, 2.24) is 4.98 Å². The van der Waals surface area contributed by atoms with Gasteiger partial charge in [-0.15, -0.1) is 11.8 Å². The van der Waals surface area contributed by atoms with Crippen molar-refractivity contribution in [3.63, 3.8) is 0 Å². The Morgan fingerprint density at radius 2 is 2.06 bits per heavy atom. The van der Waals surface area contributed by atoms with Crippen LogP contribution < -0.4 is 0 Å². The quantitative estimate of drug-likeness (QED) is 0.801. The minimum Gasteiger partial charge on any atom is -0.248 e. The van der Waals surface area contributed by atoms with Crippen molar-refractivity contribution < 1.29 is 21.6 Å². The fourth-order valence-corrected chi connectivity index (χ4v) is 3.37. The molecule has 0 radical (unpaired) electrons. The van der Waals surface area contributed by atoms with Crippen LogP contribution in [-0.4, -0.2) is 31.2 Å². The van der Waals surface area contributed by atoms with Crippen LogP contribution in [0.5, 0.6) is 0 Å². The summed E-state index contributed by atoms with van der Waals surface area (Å²) in [6, 6.07) is 0.775. The second-order valence-electron chi connectivity index (χ2n) is 3.49. The van der Waals surface area contributed by atoms with Crippen molar-refractivity contribution in [2.75, 3.05) is 17.8 Å². The van der Waals surface area contributed by atoms with Crippen LogP contribution >= 0.6 is 23.4 Å². The Bertz CT molecular complexity index is 531. The van der Waals surface area contributed by atoms with E-state index in [0.717, 1.165) is 24.1 Å². The molecule has 0 aromatic carbocycles. The van der Waals surface area contributed by atoms with E-state index in [1.165, 1.54) is 0 Å². The summed E-state index contributed by atoms with van der Waals surface area (Å²) >= 11 is 6.66. The third kappa shape index (κ3) is 5.03. The molecule has 0 fully saturated rings. The maximum absolute atomic E-state index is 12.3. The Hall–Kier alpha value is -0.470. The number of alkyl halides is 3. The minimum atomic E-state index is -4.49.